The number of nitrogens with two attached hydrogens (primary N) is 1. The van der Waals surface area contributed by atoms with Gasteiger partial charge in [0.05, 0.1) is 0 Å². The molecule has 2 aliphatic heterocycles. The lowest BCUT2D eigenvalue weighted by Gasteiger charge is -2.47. The lowest BCUT2D eigenvalue weighted by Crippen LogP contribution is -2.61. The van der Waals surface area contributed by atoms with E-state index >= 15 is 0 Å². The summed E-state index contributed by atoms with van der Waals surface area (Å²) in [5.41, 5.74) is 6.72. The van der Waals surface area contributed by atoms with Crippen molar-refractivity contribution in [2.45, 2.75) is 37.8 Å². The molecule has 2 saturated heterocycles. The average Bonchev–Trinajstić information content (AvgIpc) is 2.97. The van der Waals surface area contributed by atoms with Crippen LogP contribution in [-0.2, 0) is 6.42 Å². The van der Waals surface area contributed by atoms with Crippen molar-refractivity contribution in [3.8, 4) is 0 Å². The topological polar surface area (TPSA) is 32.5 Å². The number of nitrogens with zero attached hydrogens (tertiary/aromatic N) is 2. The van der Waals surface area contributed by atoms with Crippen LogP contribution in [0.15, 0.2) is 24.3 Å². The minimum Gasteiger partial charge on any atom is -0.329 e. The van der Waals surface area contributed by atoms with Crippen LogP contribution >= 0.6 is 0 Å². The predicted molar refractivity (Wildman–Crippen MR) is 83.7 cm³/mol. The maximum Gasteiger partial charge on any atom is 0.126 e. The number of hydrogen-bond acceptors (Lipinski definition) is 3. The molecule has 2 fully saturated rings. The maximum absolute atomic E-state index is 14.0. The third-order valence-electron chi connectivity index (χ3n) is 5.32. The average molecular weight is 291 g/mol. The van der Waals surface area contributed by atoms with E-state index in [4.69, 9.17) is 5.73 Å². The van der Waals surface area contributed by atoms with Gasteiger partial charge in [0, 0.05) is 37.8 Å². The van der Waals surface area contributed by atoms with Crippen LogP contribution in [0, 0.1) is 5.82 Å². The number of benzene rings is 1. The smallest absolute Gasteiger partial charge is 0.126 e. The molecule has 2 N–H and O–H groups in total. The van der Waals surface area contributed by atoms with E-state index < -0.39 is 0 Å². The van der Waals surface area contributed by atoms with Crippen LogP contribution < -0.4 is 5.73 Å². The molecule has 2 heterocycles. The number of hydrogen-bond donors (Lipinski definition) is 1. The molecule has 0 spiro atoms. The van der Waals surface area contributed by atoms with Crippen molar-refractivity contribution in [1.82, 2.24) is 9.80 Å². The maximum atomic E-state index is 14.0. The minimum absolute atomic E-state index is 0.114. The molecule has 0 bridgehead atoms. The molecule has 1 aromatic carbocycles. The Balaban J connectivity index is 1.75. The number of piperazine rings is 1. The first-order valence-corrected chi connectivity index (χ1v) is 8.05. The van der Waals surface area contributed by atoms with Gasteiger partial charge >= 0.3 is 0 Å². The summed E-state index contributed by atoms with van der Waals surface area (Å²) in [6, 6.07) is 7.75. The van der Waals surface area contributed by atoms with Gasteiger partial charge in [-0.3, -0.25) is 9.80 Å². The Morgan fingerprint density at radius 2 is 2.10 bits per heavy atom. The molecule has 3 nitrogen and oxygen atoms in total. The molecule has 21 heavy (non-hydrogen) atoms. The Morgan fingerprint density at radius 3 is 2.86 bits per heavy atom. The normalized spacial score (nSPS) is 26.5. The van der Waals surface area contributed by atoms with E-state index in [0.29, 0.717) is 19.0 Å². The fraction of sp³-hybridized carbons (Fsp3) is 0.647. The van der Waals surface area contributed by atoms with Crippen molar-refractivity contribution >= 4 is 0 Å². The van der Waals surface area contributed by atoms with E-state index in [0.717, 1.165) is 25.2 Å². The van der Waals surface area contributed by atoms with E-state index in [1.165, 1.54) is 19.4 Å². The molecule has 4 heteroatoms. The summed E-state index contributed by atoms with van der Waals surface area (Å²) in [5.74, 6) is -0.114. The summed E-state index contributed by atoms with van der Waals surface area (Å²) >= 11 is 0. The highest BCUT2D eigenvalue weighted by Crippen LogP contribution is 2.28. The molecule has 2 unspecified atom stereocenters. The zero-order valence-electron chi connectivity index (χ0n) is 12.9. The second-order valence-corrected chi connectivity index (χ2v) is 6.75. The van der Waals surface area contributed by atoms with Crippen LogP contribution in [0.1, 0.15) is 25.3 Å². The lowest BCUT2D eigenvalue weighted by molar-refractivity contribution is 0.0269. The van der Waals surface area contributed by atoms with Gasteiger partial charge < -0.3 is 5.73 Å². The summed E-state index contributed by atoms with van der Waals surface area (Å²) in [4.78, 5) is 5.09. The molecule has 0 radical (unpaired) electrons. The molecule has 116 valence electrons. The molecule has 1 aromatic rings. The molecular weight excluding hydrogens is 265 g/mol. The van der Waals surface area contributed by atoms with Crippen LogP contribution in [-0.4, -0.2) is 54.1 Å². The highest BCUT2D eigenvalue weighted by molar-refractivity contribution is 5.20. The fourth-order valence-electron chi connectivity index (χ4n) is 3.85. The van der Waals surface area contributed by atoms with E-state index in [-0.39, 0.29) is 11.4 Å². The van der Waals surface area contributed by atoms with Crippen molar-refractivity contribution < 1.29 is 4.39 Å². The van der Waals surface area contributed by atoms with E-state index in [2.05, 4.69) is 16.7 Å². The first kappa shape index (κ1) is 14.9. The lowest BCUT2D eigenvalue weighted by atomic mass is 9.89. The van der Waals surface area contributed by atoms with Gasteiger partial charge in [0.15, 0.2) is 0 Å². The Labute approximate surface area is 126 Å². The second kappa shape index (κ2) is 6.03. The van der Waals surface area contributed by atoms with Gasteiger partial charge in [0.2, 0.25) is 0 Å². The van der Waals surface area contributed by atoms with Crippen LogP contribution in [0.2, 0.25) is 0 Å². The van der Waals surface area contributed by atoms with Crippen LogP contribution in [0.5, 0.6) is 0 Å². The van der Waals surface area contributed by atoms with Crippen molar-refractivity contribution in [3.63, 3.8) is 0 Å². The zero-order chi connectivity index (χ0) is 14.9. The molecule has 0 aromatic heterocycles. The largest absolute Gasteiger partial charge is 0.329 e. The number of fused-ring (bicyclic) bond motifs is 1. The van der Waals surface area contributed by atoms with Crippen LogP contribution in [0.4, 0.5) is 4.39 Å². The molecule has 3 rings (SSSR count). The van der Waals surface area contributed by atoms with Crippen LogP contribution in [0.3, 0.4) is 0 Å². The minimum atomic E-state index is -0.156. The summed E-state index contributed by atoms with van der Waals surface area (Å²) in [5, 5.41) is 0. The van der Waals surface area contributed by atoms with Crippen molar-refractivity contribution in [2.75, 3.05) is 32.7 Å². The highest BCUT2D eigenvalue weighted by Gasteiger charge is 2.38. The molecule has 0 amide bonds. The van der Waals surface area contributed by atoms with Gasteiger partial charge in [-0.2, -0.15) is 0 Å². The van der Waals surface area contributed by atoms with Crippen molar-refractivity contribution in [1.29, 1.82) is 0 Å². The second-order valence-electron chi connectivity index (χ2n) is 6.75. The number of halogens is 1. The van der Waals surface area contributed by atoms with E-state index in [1.807, 2.05) is 12.1 Å². The Kier molecular flexibility index (Phi) is 4.29. The Bertz CT molecular complexity index is 493. The van der Waals surface area contributed by atoms with Gasteiger partial charge in [0.1, 0.15) is 5.82 Å². The predicted octanol–water partition coefficient (Wildman–Crippen LogP) is 1.87. The van der Waals surface area contributed by atoms with Crippen molar-refractivity contribution in [3.05, 3.63) is 35.6 Å². The third kappa shape index (κ3) is 2.98. The monoisotopic (exact) mass is 291 g/mol. The van der Waals surface area contributed by atoms with Gasteiger partial charge in [-0.05, 0) is 44.4 Å². The Morgan fingerprint density at radius 1 is 1.29 bits per heavy atom. The van der Waals surface area contributed by atoms with Crippen molar-refractivity contribution in [2.24, 2.45) is 5.73 Å². The summed E-state index contributed by atoms with van der Waals surface area (Å²) in [6.07, 6.45) is 3.28. The number of rotatable bonds is 4. The quantitative estimate of drug-likeness (QED) is 0.919. The fourth-order valence-corrected chi connectivity index (χ4v) is 3.85. The Hall–Kier alpha value is -0.970. The third-order valence-corrected chi connectivity index (χ3v) is 5.32. The first-order chi connectivity index (χ1) is 10.1. The molecule has 2 aliphatic rings. The summed E-state index contributed by atoms with van der Waals surface area (Å²) in [6.45, 7) is 7.22. The van der Waals surface area contributed by atoms with Crippen LogP contribution in [0.25, 0.3) is 0 Å². The molecule has 2 atom stereocenters. The molecule has 0 aliphatic carbocycles. The standard InChI is InChI=1S/C17H26FN3/c1-17(13-19,11-14-5-2-3-7-16(14)18)21-10-9-20-8-4-6-15(20)12-21/h2-3,5,7,15H,4,6,8-13,19H2,1H3. The SMILES string of the molecule is CC(CN)(Cc1ccccc1F)N1CCN2CCCC2C1. The highest BCUT2D eigenvalue weighted by atomic mass is 19.1. The van der Waals surface area contributed by atoms with E-state index in [9.17, 15) is 4.39 Å². The zero-order valence-corrected chi connectivity index (χ0v) is 12.9. The van der Waals surface area contributed by atoms with Gasteiger partial charge in [0.25, 0.3) is 0 Å². The van der Waals surface area contributed by atoms with E-state index in [1.54, 1.807) is 12.1 Å². The first-order valence-electron chi connectivity index (χ1n) is 8.05. The molecular formula is C17H26FN3. The van der Waals surface area contributed by atoms with Gasteiger partial charge in [-0.1, -0.05) is 18.2 Å². The summed E-state index contributed by atoms with van der Waals surface area (Å²) < 4.78 is 14.0. The van der Waals surface area contributed by atoms with Gasteiger partial charge in [-0.15, -0.1) is 0 Å². The molecule has 0 saturated carbocycles. The summed E-state index contributed by atoms with van der Waals surface area (Å²) in [7, 11) is 0. The van der Waals surface area contributed by atoms with Gasteiger partial charge in [-0.25, -0.2) is 4.39 Å².